The molecule has 2 rings (SSSR count). The Morgan fingerprint density at radius 2 is 2.00 bits per heavy atom. The summed E-state index contributed by atoms with van der Waals surface area (Å²) in [4.78, 5) is -0.157. The van der Waals surface area contributed by atoms with E-state index in [1.807, 2.05) is 0 Å². The topological polar surface area (TPSA) is 90.7 Å². The molecule has 1 fully saturated rings. The van der Waals surface area contributed by atoms with Gasteiger partial charge in [-0.1, -0.05) is 0 Å². The highest BCUT2D eigenvalue weighted by Gasteiger charge is 2.26. The highest BCUT2D eigenvalue weighted by molar-refractivity contribution is 7.89. The Kier molecular flexibility index (Phi) is 7.43. The van der Waals surface area contributed by atoms with E-state index in [4.69, 9.17) is 15.2 Å². The zero-order valence-electron chi connectivity index (χ0n) is 13.7. The Bertz CT molecular complexity index is 649. The predicted octanol–water partition coefficient (Wildman–Crippen LogP) is 1.82. The molecule has 0 radical (unpaired) electrons. The Labute approximate surface area is 148 Å². The van der Waals surface area contributed by atoms with E-state index in [0.29, 0.717) is 26.1 Å². The largest absolute Gasteiger partial charge is 0.487 e. The smallest absolute Gasteiger partial charge is 0.241 e. The average molecular weight is 383 g/mol. The van der Waals surface area contributed by atoms with E-state index in [1.165, 1.54) is 12.1 Å². The zero-order chi connectivity index (χ0) is 17.1. The van der Waals surface area contributed by atoms with Crippen LogP contribution in [0.4, 0.5) is 4.39 Å². The summed E-state index contributed by atoms with van der Waals surface area (Å²) >= 11 is 0. The molecular formula is C15H24ClFN2O4S. The second kappa shape index (κ2) is 8.44. The van der Waals surface area contributed by atoms with E-state index < -0.39 is 21.4 Å². The first kappa shape index (κ1) is 21.1. The van der Waals surface area contributed by atoms with Crippen LogP contribution in [-0.4, -0.2) is 39.8 Å². The van der Waals surface area contributed by atoms with Gasteiger partial charge in [-0.2, -0.15) is 0 Å². The average Bonchev–Trinajstić information content (AvgIpc) is 2.49. The van der Waals surface area contributed by atoms with Crippen molar-refractivity contribution in [1.29, 1.82) is 0 Å². The van der Waals surface area contributed by atoms with Crippen LogP contribution in [0, 0.1) is 5.82 Å². The van der Waals surface area contributed by atoms with Crippen molar-refractivity contribution in [1.82, 2.24) is 4.72 Å². The van der Waals surface area contributed by atoms with Crippen LogP contribution in [-0.2, 0) is 14.8 Å². The Balaban J connectivity index is 0.00000288. The van der Waals surface area contributed by atoms with E-state index >= 15 is 0 Å². The summed E-state index contributed by atoms with van der Waals surface area (Å²) in [7, 11) is -3.85. The Morgan fingerprint density at radius 1 is 1.38 bits per heavy atom. The molecule has 0 spiro atoms. The Morgan fingerprint density at radius 3 is 2.54 bits per heavy atom. The number of hydrogen-bond donors (Lipinski definition) is 2. The summed E-state index contributed by atoms with van der Waals surface area (Å²) in [6.45, 7) is 4.60. The van der Waals surface area contributed by atoms with E-state index in [0.717, 1.165) is 6.07 Å². The van der Waals surface area contributed by atoms with Gasteiger partial charge in [-0.25, -0.2) is 17.5 Å². The van der Waals surface area contributed by atoms with Gasteiger partial charge in [0.15, 0.2) is 11.6 Å². The Hall–Kier alpha value is -0.930. The van der Waals surface area contributed by atoms with Gasteiger partial charge in [0, 0.05) is 24.9 Å². The van der Waals surface area contributed by atoms with Gasteiger partial charge in [0.1, 0.15) is 6.10 Å². The SMILES string of the molecule is CC(C)(CN)NS(=O)(=O)c1ccc(OC2CCOCC2)c(F)c1.Cl. The monoisotopic (exact) mass is 382 g/mol. The van der Waals surface area contributed by atoms with Gasteiger partial charge in [-0.3, -0.25) is 0 Å². The molecule has 0 atom stereocenters. The van der Waals surface area contributed by atoms with Crippen molar-refractivity contribution in [3.8, 4) is 5.75 Å². The highest BCUT2D eigenvalue weighted by atomic mass is 35.5. The van der Waals surface area contributed by atoms with Crippen molar-refractivity contribution in [2.45, 2.75) is 43.2 Å². The van der Waals surface area contributed by atoms with E-state index in [-0.39, 0.29) is 35.7 Å². The number of hydrogen-bond acceptors (Lipinski definition) is 5. The number of halogens is 2. The molecule has 24 heavy (non-hydrogen) atoms. The minimum atomic E-state index is -3.85. The molecule has 0 unspecified atom stereocenters. The van der Waals surface area contributed by atoms with Gasteiger partial charge < -0.3 is 15.2 Å². The van der Waals surface area contributed by atoms with Crippen LogP contribution in [0.3, 0.4) is 0 Å². The van der Waals surface area contributed by atoms with Gasteiger partial charge in [0.05, 0.1) is 18.1 Å². The molecule has 3 N–H and O–H groups in total. The van der Waals surface area contributed by atoms with Crippen LogP contribution in [0.5, 0.6) is 5.75 Å². The van der Waals surface area contributed by atoms with Gasteiger partial charge in [-0.15, -0.1) is 12.4 Å². The third kappa shape index (κ3) is 5.56. The number of nitrogens with one attached hydrogen (secondary N) is 1. The maximum Gasteiger partial charge on any atom is 0.241 e. The summed E-state index contributed by atoms with van der Waals surface area (Å²) < 4.78 is 52.0. The molecule has 1 aromatic carbocycles. The molecule has 1 saturated heterocycles. The standard InChI is InChI=1S/C15H23FN2O4S.ClH/c1-15(2,10-17)18-23(19,20)12-3-4-14(13(16)9-12)22-11-5-7-21-8-6-11;/h3-4,9,11,18H,5-8,10,17H2,1-2H3;1H. The van der Waals surface area contributed by atoms with Crippen molar-refractivity contribution in [2.75, 3.05) is 19.8 Å². The minimum absolute atomic E-state index is 0. The summed E-state index contributed by atoms with van der Waals surface area (Å²) in [5.41, 5.74) is 4.71. The minimum Gasteiger partial charge on any atom is -0.487 e. The van der Waals surface area contributed by atoms with Gasteiger partial charge in [-0.05, 0) is 32.0 Å². The normalized spacial score (nSPS) is 16.5. The second-order valence-corrected chi connectivity index (χ2v) is 7.90. The van der Waals surface area contributed by atoms with Crippen molar-refractivity contribution in [3.05, 3.63) is 24.0 Å². The third-order valence-electron chi connectivity index (χ3n) is 3.60. The van der Waals surface area contributed by atoms with E-state index in [2.05, 4.69) is 4.72 Å². The predicted molar refractivity (Wildman–Crippen MR) is 91.6 cm³/mol. The van der Waals surface area contributed by atoms with Gasteiger partial charge in [0.2, 0.25) is 10.0 Å². The van der Waals surface area contributed by atoms with Crippen LogP contribution in [0.2, 0.25) is 0 Å². The molecule has 1 aromatic rings. The fourth-order valence-electron chi connectivity index (χ4n) is 2.18. The maximum atomic E-state index is 14.2. The molecule has 0 aliphatic carbocycles. The number of benzene rings is 1. The molecule has 0 saturated carbocycles. The maximum absolute atomic E-state index is 14.2. The molecule has 6 nitrogen and oxygen atoms in total. The van der Waals surface area contributed by atoms with E-state index in [1.54, 1.807) is 13.8 Å². The first-order valence-corrected chi connectivity index (χ1v) is 9.00. The van der Waals surface area contributed by atoms with Crippen LogP contribution >= 0.6 is 12.4 Å². The first-order chi connectivity index (χ1) is 10.7. The zero-order valence-corrected chi connectivity index (χ0v) is 15.4. The summed E-state index contributed by atoms with van der Waals surface area (Å²) in [5.74, 6) is -0.654. The molecule has 138 valence electrons. The number of rotatable bonds is 6. The molecule has 0 amide bonds. The lowest BCUT2D eigenvalue weighted by Crippen LogP contribution is -2.48. The van der Waals surface area contributed by atoms with Crippen molar-refractivity contribution >= 4 is 22.4 Å². The van der Waals surface area contributed by atoms with Crippen LogP contribution in [0.15, 0.2) is 23.1 Å². The van der Waals surface area contributed by atoms with Crippen molar-refractivity contribution in [2.24, 2.45) is 5.73 Å². The summed E-state index contributed by atoms with van der Waals surface area (Å²) in [6, 6.07) is 3.63. The van der Waals surface area contributed by atoms with E-state index in [9.17, 15) is 12.8 Å². The van der Waals surface area contributed by atoms with Gasteiger partial charge >= 0.3 is 0 Å². The summed E-state index contributed by atoms with van der Waals surface area (Å²) in [5, 5.41) is 0. The fraction of sp³-hybridized carbons (Fsp3) is 0.600. The number of sulfonamides is 1. The molecule has 9 heteroatoms. The molecule has 1 aliphatic heterocycles. The highest BCUT2D eigenvalue weighted by Crippen LogP contribution is 2.24. The lowest BCUT2D eigenvalue weighted by molar-refractivity contribution is 0.0240. The molecule has 0 aromatic heterocycles. The van der Waals surface area contributed by atoms with Gasteiger partial charge in [0.25, 0.3) is 0 Å². The van der Waals surface area contributed by atoms with Crippen LogP contribution in [0.25, 0.3) is 0 Å². The fourth-order valence-corrected chi connectivity index (χ4v) is 3.62. The molecule has 0 bridgehead atoms. The second-order valence-electron chi connectivity index (χ2n) is 6.22. The molecular weight excluding hydrogens is 359 g/mol. The van der Waals surface area contributed by atoms with Crippen molar-refractivity contribution < 1.29 is 22.3 Å². The lowest BCUT2D eigenvalue weighted by Gasteiger charge is -2.25. The molecule has 1 heterocycles. The number of ether oxygens (including phenoxy) is 2. The third-order valence-corrected chi connectivity index (χ3v) is 5.29. The quantitative estimate of drug-likeness (QED) is 0.783. The van der Waals surface area contributed by atoms with Crippen LogP contribution < -0.4 is 15.2 Å². The summed E-state index contributed by atoms with van der Waals surface area (Å²) in [6.07, 6.45) is 1.26. The number of nitrogens with two attached hydrogens (primary N) is 1. The lowest BCUT2D eigenvalue weighted by atomic mass is 10.1. The first-order valence-electron chi connectivity index (χ1n) is 7.51. The van der Waals surface area contributed by atoms with Crippen LogP contribution in [0.1, 0.15) is 26.7 Å². The molecule has 1 aliphatic rings. The van der Waals surface area contributed by atoms with Crippen molar-refractivity contribution in [3.63, 3.8) is 0 Å².